The van der Waals surface area contributed by atoms with Crippen LogP contribution in [-0.4, -0.2) is 33.4 Å². The fraction of sp³-hybridized carbons (Fsp3) is 0.692. The number of hydrogen-bond donors (Lipinski definition) is 2. The van der Waals surface area contributed by atoms with E-state index in [0.717, 1.165) is 18.5 Å². The van der Waals surface area contributed by atoms with Crippen LogP contribution in [0, 0.1) is 12.8 Å². The lowest BCUT2D eigenvalue weighted by atomic mass is 10.1. The van der Waals surface area contributed by atoms with Crippen molar-refractivity contribution >= 4 is 5.91 Å². The van der Waals surface area contributed by atoms with Gasteiger partial charge in [-0.15, -0.1) is 0 Å². The first-order valence-corrected chi connectivity index (χ1v) is 6.62. The zero-order chi connectivity index (χ0) is 13.1. The van der Waals surface area contributed by atoms with Gasteiger partial charge < -0.3 is 10.4 Å². The maximum atomic E-state index is 12.2. The number of rotatable bonds is 6. The van der Waals surface area contributed by atoms with Crippen molar-refractivity contribution in [3.63, 3.8) is 0 Å². The molecular weight excluding hydrogens is 230 g/mol. The molecule has 0 radical (unpaired) electrons. The van der Waals surface area contributed by atoms with Gasteiger partial charge in [0.25, 0.3) is 5.91 Å². The first kappa shape index (κ1) is 13.1. The summed E-state index contributed by atoms with van der Waals surface area (Å²) in [4.78, 5) is 12.2. The Balaban J connectivity index is 2.05. The Morgan fingerprint density at radius 1 is 1.67 bits per heavy atom. The molecule has 1 aliphatic rings. The van der Waals surface area contributed by atoms with Crippen molar-refractivity contribution in [2.45, 2.75) is 45.7 Å². The highest BCUT2D eigenvalue weighted by Crippen LogP contribution is 2.34. The highest BCUT2D eigenvalue weighted by Gasteiger charge is 2.32. The van der Waals surface area contributed by atoms with Crippen LogP contribution in [0.5, 0.6) is 0 Å². The van der Waals surface area contributed by atoms with E-state index < -0.39 is 0 Å². The second kappa shape index (κ2) is 5.52. The zero-order valence-electron chi connectivity index (χ0n) is 11.0. The van der Waals surface area contributed by atoms with Crippen LogP contribution in [0.4, 0.5) is 0 Å². The topological polar surface area (TPSA) is 67.2 Å². The van der Waals surface area contributed by atoms with E-state index in [2.05, 4.69) is 10.4 Å². The molecular formula is C13H21N3O2. The van der Waals surface area contributed by atoms with Crippen molar-refractivity contribution in [3.8, 4) is 0 Å². The largest absolute Gasteiger partial charge is 0.396 e. The quantitative estimate of drug-likeness (QED) is 0.795. The fourth-order valence-electron chi connectivity index (χ4n) is 2.28. The normalized spacial score (nSPS) is 16.6. The first-order chi connectivity index (χ1) is 8.65. The molecule has 0 spiro atoms. The van der Waals surface area contributed by atoms with Gasteiger partial charge in [-0.3, -0.25) is 9.48 Å². The van der Waals surface area contributed by atoms with Crippen LogP contribution in [0.1, 0.15) is 42.4 Å². The summed E-state index contributed by atoms with van der Waals surface area (Å²) in [6.45, 7) is 4.66. The lowest BCUT2D eigenvalue weighted by Gasteiger charge is -2.17. The molecule has 2 N–H and O–H groups in total. The number of aromatic nitrogens is 2. The van der Waals surface area contributed by atoms with Crippen LogP contribution < -0.4 is 5.32 Å². The number of nitrogens with one attached hydrogen (secondary N) is 1. The smallest absolute Gasteiger partial charge is 0.269 e. The molecule has 1 unspecified atom stereocenters. The van der Waals surface area contributed by atoms with Crippen molar-refractivity contribution in [2.75, 3.05) is 6.61 Å². The Kier molecular flexibility index (Phi) is 4.01. The molecule has 0 aromatic carbocycles. The van der Waals surface area contributed by atoms with Gasteiger partial charge in [-0.1, -0.05) is 0 Å². The highest BCUT2D eigenvalue weighted by molar-refractivity contribution is 5.92. The monoisotopic (exact) mass is 251 g/mol. The van der Waals surface area contributed by atoms with Gasteiger partial charge in [0.1, 0.15) is 5.69 Å². The van der Waals surface area contributed by atoms with Crippen molar-refractivity contribution in [3.05, 3.63) is 17.5 Å². The molecule has 5 heteroatoms. The number of carbonyl (C=O) groups is 1. The van der Waals surface area contributed by atoms with Gasteiger partial charge in [-0.05, 0) is 45.1 Å². The lowest BCUT2D eigenvalue weighted by Crippen LogP contribution is -2.38. The molecule has 0 bridgehead atoms. The van der Waals surface area contributed by atoms with Gasteiger partial charge >= 0.3 is 0 Å². The van der Waals surface area contributed by atoms with Crippen LogP contribution >= 0.6 is 0 Å². The molecule has 0 saturated heterocycles. The average molecular weight is 251 g/mol. The van der Waals surface area contributed by atoms with Crippen molar-refractivity contribution in [1.82, 2.24) is 15.1 Å². The second-order valence-corrected chi connectivity index (χ2v) is 4.92. The number of aliphatic hydroxyl groups excluding tert-OH is 1. The third-order valence-corrected chi connectivity index (χ3v) is 3.38. The molecule has 1 fully saturated rings. The van der Waals surface area contributed by atoms with Gasteiger partial charge in [0, 0.05) is 19.2 Å². The van der Waals surface area contributed by atoms with Crippen molar-refractivity contribution in [2.24, 2.45) is 5.92 Å². The third-order valence-electron chi connectivity index (χ3n) is 3.38. The van der Waals surface area contributed by atoms with Crippen LogP contribution in [0.25, 0.3) is 0 Å². The Morgan fingerprint density at radius 2 is 2.39 bits per heavy atom. The lowest BCUT2D eigenvalue weighted by molar-refractivity contribution is 0.0913. The molecule has 18 heavy (non-hydrogen) atoms. The van der Waals surface area contributed by atoms with Gasteiger partial charge in [0.2, 0.25) is 0 Å². The highest BCUT2D eigenvalue weighted by atomic mass is 16.3. The predicted octanol–water partition coefficient (Wildman–Crippen LogP) is 1.10. The summed E-state index contributed by atoms with van der Waals surface area (Å²) in [5.41, 5.74) is 1.46. The number of aryl methyl sites for hydroxylation is 2. The van der Waals surface area contributed by atoms with Gasteiger partial charge in [-0.25, -0.2) is 0 Å². The van der Waals surface area contributed by atoms with E-state index in [-0.39, 0.29) is 18.6 Å². The Morgan fingerprint density at radius 3 is 2.94 bits per heavy atom. The SMILES string of the molecule is CCn1nc(C)cc1C(=O)NC(CCO)C1CC1. The summed E-state index contributed by atoms with van der Waals surface area (Å²) >= 11 is 0. The second-order valence-electron chi connectivity index (χ2n) is 4.92. The Bertz CT molecular complexity index is 424. The summed E-state index contributed by atoms with van der Waals surface area (Å²) in [5, 5.41) is 16.3. The summed E-state index contributed by atoms with van der Waals surface area (Å²) < 4.78 is 1.72. The molecule has 100 valence electrons. The number of aliphatic hydroxyl groups is 1. The Labute approximate surface area is 107 Å². The summed E-state index contributed by atoms with van der Waals surface area (Å²) in [7, 11) is 0. The third kappa shape index (κ3) is 2.90. The molecule has 1 heterocycles. The average Bonchev–Trinajstić information content (AvgIpc) is 3.11. The van der Waals surface area contributed by atoms with Crippen LogP contribution in [0.3, 0.4) is 0 Å². The predicted molar refractivity (Wildman–Crippen MR) is 68.3 cm³/mol. The number of carbonyl (C=O) groups excluding carboxylic acids is 1. The molecule has 1 aromatic heterocycles. The number of nitrogens with zero attached hydrogens (tertiary/aromatic N) is 2. The van der Waals surface area contributed by atoms with E-state index in [1.54, 1.807) is 4.68 Å². The molecule has 5 nitrogen and oxygen atoms in total. The maximum Gasteiger partial charge on any atom is 0.269 e. The van der Waals surface area contributed by atoms with E-state index >= 15 is 0 Å². The summed E-state index contributed by atoms with van der Waals surface area (Å²) in [6, 6.07) is 1.91. The van der Waals surface area contributed by atoms with E-state index in [9.17, 15) is 4.79 Å². The summed E-state index contributed by atoms with van der Waals surface area (Å²) in [6.07, 6.45) is 2.93. The van der Waals surface area contributed by atoms with E-state index in [1.807, 2.05) is 19.9 Å². The number of hydrogen-bond acceptors (Lipinski definition) is 3. The minimum atomic E-state index is -0.0807. The van der Waals surface area contributed by atoms with Crippen molar-refractivity contribution < 1.29 is 9.90 Å². The maximum absolute atomic E-state index is 12.2. The Hall–Kier alpha value is -1.36. The minimum absolute atomic E-state index is 0.0807. The molecule has 0 aliphatic heterocycles. The van der Waals surface area contributed by atoms with Gasteiger partial charge in [0.15, 0.2) is 0 Å². The molecule has 1 atom stereocenters. The van der Waals surface area contributed by atoms with E-state index in [1.165, 1.54) is 0 Å². The van der Waals surface area contributed by atoms with Gasteiger partial charge in [-0.2, -0.15) is 5.10 Å². The van der Waals surface area contributed by atoms with Crippen LogP contribution in [-0.2, 0) is 6.54 Å². The molecule has 2 rings (SSSR count). The van der Waals surface area contributed by atoms with Crippen LogP contribution in [0.2, 0.25) is 0 Å². The molecule has 1 aliphatic carbocycles. The van der Waals surface area contributed by atoms with E-state index in [0.29, 0.717) is 24.6 Å². The van der Waals surface area contributed by atoms with Crippen LogP contribution in [0.15, 0.2) is 6.07 Å². The fourth-order valence-corrected chi connectivity index (χ4v) is 2.28. The first-order valence-electron chi connectivity index (χ1n) is 6.62. The number of amides is 1. The van der Waals surface area contributed by atoms with Crippen molar-refractivity contribution in [1.29, 1.82) is 0 Å². The molecule has 1 saturated carbocycles. The molecule has 1 aromatic rings. The standard InChI is InChI=1S/C13H21N3O2/c1-3-16-12(8-9(2)15-16)13(18)14-11(6-7-17)10-4-5-10/h8,10-11,17H,3-7H2,1-2H3,(H,14,18). The van der Waals surface area contributed by atoms with Gasteiger partial charge in [0.05, 0.1) is 5.69 Å². The minimum Gasteiger partial charge on any atom is -0.396 e. The molecule has 1 amide bonds. The summed E-state index contributed by atoms with van der Waals surface area (Å²) in [5.74, 6) is 0.461. The van der Waals surface area contributed by atoms with E-state index in [4.69, 9.17) is 5.11 Å². The zero-order valence-corrected chi connectivity index (χ0v) is 11.0.